The second-order valence-electron chi connectivity index (χ2n) is 10.1. The van der Waals surface area contributed by atoms with Gasteiger partial charge in [-0.25, -0.2) is 4.57 Å². The van der Waals surface area contributed by atoms with Crippen LogP contribution in [0.25, 0.3) is 0 Å². The van der Waals surface area contributed by atoms with Crippen molar-refractivity contribution in [3.05, 3.63) is 71.8 Å². The summed E-state index contributed by atoms with van der Waals surface area (Å²) in [5.41, 5.74) is 0.00837. The van der Waals surface area contributed by atoms with Crippen LogP contribution in [0.5, 0.6) is 0 Å². The third kappa shape index (κ3) is 5.74. The Bertz CT molecular complexity index is 1290. The summed E-state index contributed by atoms with van der Waals surface area (Å²) in [6.07, 6.45) is -0.856. The molecule has 2 aromatic rings. The average molecular weight is 653 g/mol. The molecule has 1 heterocycles. The predicted molar refractivity (Wildman–Crippen MR) is 145 cm³/mol. The van der Waals surface area contributed by atoms with Gasteiger partial charge in [-0.1, -0.05) is 76.6 Å². The van der Waals surface area contributed by atoms with Gasteiger partial charge in [0.2, 0.25) is 5.79 Å². The van der Waals surface area contributed by atoms with E-state index in [2.05, 4.69) is 15.9 Å². The van der Waals surface area contributed by atoms with E-state index in [0.717, 1.165) is 11.1 Å². The van der Waals surface area contributed by atoms with E-state index in [-0.39, 0.29) is 13.2 Å². The number of carbonyl (C=O) groups excluding carboxylic acids is 3. The number of hydrogen-bond acceptors (Lipinski definition) is 11. The summed E-state index contributed by atoms with van der Waals surface area (Å²) in [7, 11) is -4.28. The molecule has 5 rings (SSSR count). The molecule has 5 unspecified atom stereocenters. The summed E-state index contributed by atoms with van der Waals surface area (Å²) >= 11 is 3.42. The molecule has 3 aliphatic rings. The van der Waals surface area contributed by atoms with Crippen LogP contribution < -0.4 is 0 Å². The lowest BCUT2D eigenvalue weighted by Gasteiger charge is -2.52. The van der Waals surface area contributed by atoms with Crippen molar-refractivity contribution in [1.29, 1.82) is 0 Å². The summed E-state index contributed by atoms with van der Waals surface area (Å²) in [4.78, 5) is 36.5. The molecule has 2 aromatic carbocycles. The van der Waals surface area contributed by atoms with Gasteiger partial charge in [-0.2, -0.15) is 0 Å². The van der Waals surface area contributed by atoms with Gasteiger partial charge in [0.1, 0.15) is 11.1 Å². The fourth-order valence-electron chi connectivity index (χ4n) is 5.92. The van der Waals surface area contributed by atoms with Gasteiger partial charge in [-0.15, -0.1) is 0 Å². The third-order valence-electron chi connectivity index (χ3n) is 7.42. The maximum absolute atomic E-state index is 14.0. The number of benzene rings is 2. The van der Waals surface area contributed by atoms with Crippen molar-refractivity contribution < 1.29 is 51.5 Å². The maximum atomic E-state index is 14.0. The molecule has 0 bridgehead atoms. The van der Waals surface area contributed by atoms with Crippen molar-refractivity contribution in [3.8, 4) is 0 Å². The van der Waals surface area contributed by atoms with E-state index < -0.39 is 72.6 Å². The minimum Gasteiger partial charge on any atom is -0.458 e. The van der Waals surface area contributed by atoms with Crippen molar-refractivity contribution in [2.45, 2.75) is 56.5 Å². The van der Waals surface area contributed by atoms with Gasteiger partial charge in [0.05, 0.1) is 37.6 Å². The number of carbonyl (C=O) groups is 3. The predicted octanol–water partition coefficient (Wildman–Crippen LogP) is 4.66. The largest absolute Gasteiger partial charge is 0.475 e. The van der Waals surface area contributed by atoms with Gasteiger partial charge < -0.3 is 18.9 Å². The van der Waals surface area contributed by atoms with Gasteiger partial charge in [0.25, 0.3) is 0 Å². The van der Waals surface area contributed by atoms with Crippen LogP contribution in [0.1, 0.15) is 31.9 Å². The lowest BCUT2D eigenvalue weighted by atomic mass is 9.84. The Morgan fingerprint density at radius 1 is 0.805 bits per heavy atom. The Balaban J connectivity index is 1.44. The number of hydrogen-bond donors (Lipinski definition) is 0. The quantitative estimate of drug-likeness (QED) is 0.137. The molecule has 7 atom stereocenters. The summed E-state index contributed by atoms with van der Waals surface area (Å²) in [6.45, 7) is 3.08. The summed E-state index contributed by atoms with van der Waals surface area (Å²) in [6, 6.07) is 18.1. The zero-order valence-corrected chi connectivity index (χ0v) is 25.1. The van der Waals surface area contributed by atoms with E-state index in [4.69, 9.17) is 32.5 Å². The molecular formula is C28H30BrO11P. The van der Waals surface area contributed by atoms with E-state index in [1.165, 1.54) is 20.8 Å². The molecule has 1 saturated heterocycles. The molecule has 0 spiro atoms. The van der Waals surface area contributed by atoms with Crippen LogP contribution in [0.2, 0.25) is 0 Å². The molecule has 0 N–H and O–H groups in total. The van der Waals surface area contributed by atoms with Gasteiger partial charge in [0, 0.05) is 20.8 Å². The highest BCUT2D eigenvalue weighted by molar-refractivity contribution is 9.09. The summed E-state index contributed by atoms with van der Waals surface area (Å²) < 4.78 is 54.3. The molecule has 3 fully saturated rings. The highest BCUT2D eigenvalue weighted by atomic mass is 79.9. The third-order valence-corrected chi connectivity index (χ3v) is 9.54. The van der Waals surface area contributed by atoms with Crippen molar-refractivity contribution in [3.63, 3.8) is 0 Å². The standard InChI is InChI=1S/C28H30BrO11P/c1-17(30)37-25-23-24-26(29)40-28(24,39-19(3)32)22(27(23,25)38-18(2)31)16-36-41(33,34-14-20-10-6-4-7-11-20)35-15-21-12-8-5-9-13-21/h4-13,22-26H,14-16H2,1-3H3/t22?,23?,24?,25?,26-,27-,28?/m0/s1. The number of alkyl halides is 1. The SMILES string of the molecule is CC(=O)OC1C2C3[C@@H](Br)OC3(OC(C)=O)C(COP(=O)(OCc3ccccc3)OCc3ccccc3)[C@@]12OC(C)=O. The first-order chi connectivity index (χ1) is 19.5. The Labute approximate surface area is 245 Å². The lowest BCUT2D eigenvalue weighted by molar-refractivity contribution is -0.364. The zero-order valence-electron chi connectivity index (χ0n) is 22.6. The summed E-state index contributed by atoms with van der Waals surface area (Å²) in [5.74, 6) is -5.64. The Kier molecular flexibility index (Phi) is 8.44. The number of phosphoric ester groups is 1. The van der Waals surface area contributed by atoms with Crippen LogP contribution in [0.4, 0.5) is 0 Å². The first kappa shape index (κ1) is 29.9. The monoisotopic (exact) mass is 652 g/mol. The fourth-order valence-corrected chi connectivity index (χ4v) is 8.08. The average Bonchev–Trinajstić information content (AvgIpc) is 3.42. The van der Waals surface area contributed by atoms with Crippen LogP contribution in [-0.4, -0.2) is 47.0 Å². The normalized spacial score (nSPS) is 31.3. The molecule has 11 nitrogen and oxygen atoms in total. The highest BCUT2D eigenvalue weighted by Gasteiger charge is 2.93. The lowest BCUT2D eigenvalue weighted by Crippen LogP contribution is -2.65. The second-order valence-corrected chi connectivity index (χ2v) is 12.7. The Morgan fingerprint density at radius 3 is 1.80 bits per heavy atom. The maximum Gasteiger partial charge on any atom is 0.475 e. The van der Waals surface area contributed by atoms with Crippen molar-refractivity contribution >= 4 is 41.7 Å². The van der Waals surface area contributed by atoms with Gasteiger partial charge >= 0.3 is 25.7 Å². The van der Waals surface area contributed by atoms with E-state index in [9.17, 15) is 18.9 Å². The molecular weight excluding hydrogens is 623 g/mol. The van der Waals surface area contributed by atoms with E-state index in [1.54, 1.807) is 24.3 Å². The molecule has 1 aliphatic heterocycles. The minimum atomic E-state index is -4.28. The van der Waals surface area contributed by atoms with Gasteiger partial charge in [0.15, 0.2) is 5.60 Å². The number of ether oxygens (including phenoxy) is 4. The van der Waals surface area contributed by atoms with Crippen LogP contribution in [0.3, 0.4) is 0 Å². The van der Waals surface area contributed by atoms with Crippen molar-refractivity contribution in [2.24, 2.45) is 17.8 Å². The zero-order chi connectivity index (χ0) is 29.4. The first-order valence-electron chi connectivity index (χ1n) is 13.0. The molecule has 0 amide bonds. The highest BCUT2D eigenvalue weighted by Crippen LogP contribution is 2.76. The number of rotatable bonds is 12. The van der Waals surface area contributed by atoms with Gasteiger partial charge in [-0.3, -0.25) is 28.0 Å². The van der Waals surface area contributed by atoms with E-state index in [0.29, 0.717) is 0 Å². The topological polar surface area (TPSA) is 133 Å². The molecule has 220 valence electrons. The molecule has 0 aromatic heterocycles. The van der Waals surface area contributed by atoms with Crippen LogP contribution >= 0.6 is 23.8 Å². The number of halogens is 1. The molecule has 2 aliphatic carbocycles. The second kappa shape index (κ2) is 11.6. The fraction of sp³-hybridized carbons (Fsp3) is 0.464. The van der Waals surface area contributed by atoms with E-state index >= 15 is 0 Å². The Morgan fingerprint density at radius 2 is 1.34 bits per heavy atom. The smallest absolute Gasteiger partial charge is 0.458 e. The molecule has 2 saturated carbocycles. The number of phosphoric acid groups is 1. The molecule has 13 heteroatoms. The van der Waals surface area contributed by atoms with Crippen molar-refractivity contribution in [1.82, 2.24) is 0 Å². The van der Waals surface area contributed by atoms with E-state index in [1.807, 2.05) is 36.4 Å². The van der Waals surface area contributed by atoms with Gasteiger partial charge in [-0.05, 0) is 11.1 Å². The van der Waals surface area contributed by atoms with Crippen LogP contribution in [-0.2, 0) is 64.7 Å². The number of fused-ring (bicyclic) bond motifs is 3. The Hall–Kier alpha value is -2.60. The number of esters is 3. The summed E-state index contributed by atoms with van der Waals surface area (Å²) in [5, 5.41) is -0.595. The molecule has 41 heavy (non-hydrogen) atoms. The molecule has 0 radical (unpaired) electrons. The van der Waals surface area contributed by atoms with Crippen LogP contribution in [0.15, 0.2) is 60.7 Å². The van der Waals surface area contributed by atoms with Crippen LogP contribution in [0, 0.1) is 17.8 Å². The van der Waals surface area contributed by atoms with Crippen molar-refractivity contribution in [2.75, 3.05) is 6.61 Å². The first-order valence-corrected chi connectivity index (χ1v) is 15.4. The minimum absolute atomic E-state index is 0.0803.